The molecule has 0 atom stereocenters. The third-order valence-corrected chi connectivity index (χ3v) is 3.67. The van der Waals surface area contributed by atoms with Crippen molar-refractivity contribution in [1.29, 1.82) is 0 Å². The lowest BCUT2D eigenvalue weighted by molar-refractivity contribution is 0.627. The van der Waals surface area contributed by atoms with Crippen LogP contribution in [0.4, 0.5) is 4.39 Å². The standard InChI is InChI=1S/C14H16FN3/c1-9-8-11(15)6-7-12(9)14-16-13(17-18-14)10-4-2-3-5-10/h6-8,10H,2-5H2,1H3,(H,16,17,18). The van der Waals surface area contributed by atoms with E-state index >= 15 is 0 Å². The first kappa shape index (κ1) is 11.4. The van der Waals surface area contributed by atoms with Gasteiger partial charge in [-0.1, -0.05) is 12.8 Å². The van der Waals surface area contributed by atoms with E-state index in [1.807, 2.05) is 6.92 Å². The van der Waals surface area contributed by atoms with Gasteiger partial charge in [0.15, 0.2) is 5.82 Å². The molecule has 1 aliphatic carbocycles. The van der Waals surface area contributed by atoms with Crippen LogP contribution in [0.15, 0.2) is 18.2 Å². The van der Waals surface area contributed by atoms with Crippen LogP contribution in [0.3, 0.4) is 0 Å². The summed E-state index contributed by atoms with van der Waals surface area (Å²) < 4.78 is 13.1. The molecule has 0 amide bonds. The second-order valence-electron chi connectivity index (χ2n) is 4.98. The number of hydrogen-bond donors (Lipinski definition) is 1. The van der Waals surface area contributed by atoms with Gasteiger partial charge < -0.3 is 0 Å². The van der Waals surface area contributed by atoms with Gasteiger partial charge in [0, 0.05) is 11.5 Å². The summed E-state index contributed by atoms with van der Waals surface area (Å²) in [5, 5.41) is 7.30. The van der Waals surface area contributed by atoms with Crippen molar-refractivity contribution < 1.29 is 4.39 Å². The van der Waals surface area contributed by atoms with Crippen molar-refractivity contribution in [2.75, 3.05) is 0 Å². The monoisotopic (exact) mass is 245 g/mol. The lowest BCUT2D eigenvalue weighted by atomic mass is 10.1. The van der Waals surface area contributed by atoms with E-state index in [4.69, 9.17) is 0 Å². The molecule has 0 radical (unpaired) electrons. The summed E-state index contributed by atoms with van der Waals surface area (Å²) in [5.74, 6) is 1.95. The Hall–Kier alpha value is -1.71. The van der Waals surface area contributed by atoms with Crippen LogP contribution >= 0.6 is 0 Å². The number of hydrogen-bond acceptors (Lipinski definition) is 2. The molecule has 1 aliphatic rings. The average Bonchev–Trinajstić information content (AvgIpc) is 2.99. The van der Waals surface area contributed by atoms with Crippen molar-refractivity contribution in [2.24, 2.45) is 0 Å². The second-order valence-corrected chi connectivity index (χ2v) is 4.98. The zero-order valence-corrected chi connectivity index (χ0v) is 10.4. The van der Waals surface area contributed by atoms with Crippen LogP contribution < -0.4 is 0 Å². The van der Waals surface area contributed by atoms with Gasteiger partial charge in [-0.05, 0) is 43.5 Å². The van der Waals surface area contributed by atoms with E-state index in [1.54, 1.807) is 6.07 Å². The molecule has 0 unspecified atom stereocenters. The third kappa shape index (κ3) is 2.03. The molecule has 94 valence electrons. The summed E-state index contributed by atoms with van der Waals surface area (Å²) in [6.07, 6.45) is 4.93. The Morgan fingerprint density at radius 3 is 2.78 bits per heavy atom. The number of H-pyrrole nitrogens is 1. The second kappa shape index (κ2) is 4.52. The number of aryl methyl sites for hydroxylation is 1. The zero-order chi connectivity index (χ0) is 12.5. The summed E-state index contributed by atoms with van der Waals surface area (Å²) in [6, 6.07) is 4.71. The lowest BCUT2D eigenvalue weighted by Crippen LogP contribution is -1.94. The van der Waals surface area contributed by atoms with Crippen LogP contribution in [-0.2, 0) is 0 Å². The van der Waals surface area contributed by atoms with Gasteiger partial charge in [0.25, 0.3) is 0 Å². The number of aromatic nitrogens is 3. The lowest BCUT2D eigenvalue weighted by Gasteiger charge is -2.03. The number of halogens is 1. The molecular weight excluding hydrogens is 229 g/mol. The van der Waals surface area contributed by atoms with Crippen molar-refractivity contribution in [3.63, 3.8) is 0 Å². The van der Waals surface area contributed by atoms with Gasteiger partial charge in [-0.15, -0.1) is 0 Å². The SMILES string of the molecule is Cc1cc(F)ccc1-c1n[nH]c(C2CCCC2)n1. The molecule has 1 aromatic heterocycles. The van der Waals surface area contributed by atoms with Crippen LogP contribution in [0.1, 0.15) is 43.0 Å². The minimum Gasteiger partial charge on any atom is -0.262 e. The molecule has 1 heterocycles. The van der Waals surface area contributed by atoms with Crippen molar-refractivity contribution in [3.05, 3.63) is 35.4 Å². The Labute approximate surface area is 105 Å². The smallest absolute Gasteiger partial charge is 0.181 e. The summed E-state index contributed by atoms with van der Waals surface area (Å²) in [5.41, 5.74) is 1.77. The predicted molar refractivity (Wildman–Crippen MR) is 67.7 cm³/mol. The number of nitrogens with zero attached hydrogens (tertiary/aromatic N) is 2. The fourth-order valence-corrected chi connectivity index (χ4v) is 2.65. The first-order valence-corrected chi connectivity index (χ1v) is 6.43. The number of rotatable bonds is 2. The maximum atomic E-state index is 13.1. The highest BCUT2D eigenvalue weighted by molar-refractivity contribution is 5.59. The van der Waals surface area contributed by atoms with Crippen LogP contribution in [-0.4, -0.2) is 15.2 Å². The first-order valence-electron chi connectivity index (χ1n) is 6.43. The van der Waals surface area contributed by atoms with Crippen LogP contribution in [0.25, 0.3) is 11.4 Å². The van der Waals surface area contributed by atoms with Gasteiger partial charge in [-0.25, -0.2) is 9.37 Å². The quantitative estimate of drug-likeness (QED) is 0.878. The molecule has 1 N–H and O–H groups in total. The summed E-state index contributed by atoms with van der Waals surface area (Å²) in [6.45, 7) is 1.88. The van der Waals surface area contributed by atoms with E-state index in [-0.39, 0.29) is 5.82 Å². The Morgan fingerprint density at radius 1 is 1.28 bits per heavy atom. The molecule has 18 heavy (non-hydrogen) atoms. The van der Waals surface area contributed by atoms with E-state index in [0.29, 0.717) is 11.7 Å². The third-order valence-electron chi connectivity index (χ3n) is 3.67. The molecule has 2 aromatic rings. The van der Waals surface area contributed by atoms with Crippen molar-refractivity contribution in [2.45, 2.75) is 38.5 Å². The van der Waals surface area contributed by atoms with Crippen LogP contribution in [0.5, 0.6) is 0 Å². The van der Waals surface area contributed by atoms with E-state index < -0.39 is 0 Å². The zero-order valence-electron chi connectivity index (χ0n) is 10.4. The van der Waals surface area contributed by atoms with Crippen LogP contribution in [0, 0.1) is 12.7 Å². The Balaban J connectivity index is 1.92. The minimum atomic E-state index is -0.220. The number of benzene rings is 1. The molecule has 3 rings (SSSR count). The van der Waals surface area contributed by atoms with Gasteiger partial charge in [-0.3, -0.25) is 5.10 Å². The van der Waals surface area contributed by atoms with E-state index in [0.717, 1.165) is 17.0 Å². The molecule has 3 nitrogen and oxygen atoms in total. The van der Waals surface area contributed by atoms with Crippen LogP contribution in [0.2, 0.25) is 0 Å². The maximum absolute atomic E-state index is 13.1. The van der Waals surface area contributed by atoms with Gasteiger partial charge in [0.1, 0.15) is 11.6 Å². The molecule has 0 aliphatic heterocycles. The summed E-state index contributed by atoms with van der Waals surface area (Å²) >= 11 is 0. The number of nitrogens with one attached hydrogen (secondary N) is 1. The van der Waals surface area contributed by atoms with Crippen molar-refractivity contribution in [3.8, 4) is 11.4 Å². The highest BCUT2D eigenvalue weighted by Crippen LogP contribution is 2.33. The Kier molecular flexibility index (Phi) is 2.86. The topological polar surface area (TPSA) is 41.6 Å². The largest absolute Gasteiger partial charge is 0.262 e. The van der Waals surface area contributed by atoms with E-state index in [1.165, 1.54) is 37.8 Å². The predicted octanol–water partition coefficient (Wildman–Crippen LogP) is 3.58. The summed E-state index contributed by atoms with van der Waals surface area (Å²) in [7, 11) is 0. The maximum Gasteiger partial charge on any atom is 0.181 e. The van der Waals surface area contributed by atoms with Gasteiger partial charge in [0.05, 0.1) is 0 Å². The minimum absolute atomic E-state index is 0.220. The van der Waals surface area contributed by atoms with E-state index in [9.17, 15) is 4.39 Å². The highest BCUT2D eigenvalue weighted by Gasteiger charge is 2.21. The summed E-state index contributed by atoms with van der Waals surface area (Å²) in [4.78, 5) is 4.56. The first-order chi connectivity index (χ1) is 8.74. The fraction of sp³-hybridized carbons (Fsp3) is 0.429. The normalized spacial score (nSPS) is 16.3. The van der Waals surface area contributed by atoms with Gasteiger partial charge in [0.2, 0.25) is 0 Å². The Bertz CT molecular complexity index is 556. The number of aromatic amines is 1. The molecule has 0 bridgehead atoms. The molecule has 1 fully saturated rings. The van der Waals surface area contributed by atoms with Crippen molar-refractivity contribution >= 4 is 0 Å². The fourth-order valence-electron chi connectivity index (χ4n) is 2.65. The molecule has 0 saturated heterocycles. The van der Waals surface area contributed by atoms with Gasteiger partial charge >= 0.3 is 0 Å². The highest BCUT2D eigenvalue weighted by atomic mass is 19.1. The molecule has 1 saturated carbocycles. The Morgan fingerprint density at radius 2 is 2.06 bits per heavy atom. The average molecular weight is 245 g/mol. The van der Waals surface area contributed by atoms with Crippen molar-refractivity contribution in [1.82, 2.24) is 15.2 Å². The van der Waals surface area contributed by atoms with Gasteiger partial charge in [-0.2, -0.15) is 5.10 Å². The molecule has 0 spiro atoms. The molecule has 1 aromatic carbocycles. The molecular formula is C14H16FN3. The molecule has 4 heteroatoms. The van der Waals surface area contributed by atoms with E-state index in [2.05, 4.69) is 15.2 Å².